The van der Waals surface area contributed by atoms with Crippen LogP contribution in [0.25, 0.3) is 0 Å². The van der Waals surface area contributed by atoms with Crippen LogP contribution in [0.5, 0.6) is 0 Å². The molecule has 1 aromatic carbocycles. The monoisotopic (exact) mass is 297 g/mol. The van der Waals surface area contributed by atoms with Gasteiger partial charge in [-0.15, -0.1) is 0 Å². The lowest BCUT2D eigenvalue weighted by atomic mass is 10.1. The summed E-state index contributed by atoms with van der Waals surface area (Å²) in [5.41, 5.74) is 0.193. The van der Waals surface area contributed by atoms with Crippen molar-refractivity contribution in [2.45, 2.75) is 25.7 Å². The predicted molar refractivity (Wildman–Crippen MR) is 75.5 cm³/mol. The third kappa shape index (κ3) is 4.06. The van der Waals surface area contributed by atoms with Gasteiger partial charge >= 0.3 is 5.97 Å². The molecule has 0 heterocycles. The lowest BCUT2D eigenvalue weighted by Gasteiger charge is -2.15. The summed E-state index contributed by atoms with van der Waals surface area (Å²) >= 11 is 4.03. The molecule has 0 spiro atoms. The second-order valence-corrected chi connectivity index (χ2v) is 4.89. The number of esters is 1. The van der Waals surface area contributed by atoms with Gasteiger partial charge in [0, 0.05) is 6.07 Å². The van der Waals surface area contributed by atoms with E-state index in [9.17, 15) is 19.7 Å². The Kier molecular flexibility index (Phi) is 5.69. The van der Waals surface area contributed by atoms with Crippen molar-refractivity contribution in [2.24, 2.45) is 5.92 Å². The predicted octanol–water partition coefficient (Wildman–Crippen LogP) is 2.16. The molecule has 20 heavy (non-hydrogen) atoms. The van der Waals surface area contributed by atoms with Gasteiger partial charge in [0.15, 0.2) is 0 Å². The van der Waals surface area contributed by atoms with E-state index in [1.54, 1.807) is 6.07 Å². The van der Waals surface area contributed by atoms with Crippen LogP contribution in [-0.4, -0.2) is 21.9 Å². The molecule has 6 nitrogen and oxygen atoms in total. The first kappa shape index (κ1) is 16.2. The molecule has 1 aromatic rings. The van der Waals surface area contributed by atoms with Gasteiger partial charge in [0.25, 0.3) is 5.69 Å². The molecule has 108 valence electrons. The number of hydrogen-bond donors (Lipinski definition) is 1. The Labute approximate surface area is 121 Å². The van der Waals surface area contributed by atoms with Crippen LogP contribution in [0.15, 0.2) is 24.3 Å². The quantitative estimate of drug-likeness (QED) is 0.376. The number of nitro benzene ring substituents is 1. The summed E-state index contributed by atoms with van der Waals surface area (Å²) in [5, 5.41) is 10.1. The summed E-state index contributed by atoms with van der Waals surface area (Å²) in [6.07, 6.45) is 0. The molecule has 2 atom stereocenters. The number of carbonyl (C=O) groups is 2. The first-order valence-corrected chi connectivity index (χ1v) is 6.43. The van der Waals surface area contributed by atoms with Gasteiger partial charge in [0.2, 0.25) is 0 Å². The smallest absolute Gasteiger partial charge is 0.310 e. The van der Waals surface area contributed by atoms with Gasteiger partial charge < -0.3 is 4.74 Å². The third-order valence-electron chi connectivity index (χ3n) is 2.82. The second kappa shape index (κ2) is 7.04. The van der Waals surface area contributed by atoms with E-state index < -0.39 is 22.1 Å². The lowest BCUT2D eigenvalue weighted by molar-refractivity contribution is -0.385. The number of nitro groups is 1. The van der Waals surface area contributed by atoms with Crippen LogP contribution in [0.4, 0.5) is 5.69 Å². The maximum atomic E-state index is 11.8. The summed E-state index contributed by atoms with van der Waals surface area (Å²) in [6.45, 7) is 2.66. The topological polar surface area (TPSA) is 86.5 Å². The number of benzene rings is 1. The number of carbonyl (C=O) groups excluding carboxylic acids is 2. The van der Waals surface area contributed by atoms with Gasteiger partial charge in [-0.1, -0.05) is 19.1 Å². The van der Waals surface area contributed by atoms with E-state index in [0.717, 1.165) is 0 Å². The van der Waals surface area contributed by atoms with Crippen molar-refractivity contribution in [1.82, 2.24) is 0 Å². The Balaban J connectivity index is 2.71. The number of ether oxygens (including phenoxy) is 1. The van der Waals surface area contributed by atoms with E-state index in [0.29, 0.717) is 5.56 Å². The Bertz CT molecular complexity index is 531. The van der Waals surface area contributed by atoms with Crippen LogP contribution in [-0.2, 0) is 20.9 Å². The first-order valence-electron chi connectivity index (χ1n) is 5.92. The third-order valence-corrected chi connectivity index (χ3v) is 3.63. The average Bonchev–Trinajstić information content (AvgIpc) is 2.43. The van der Waals surface area contributed by atoms with E-state index in [1.807, 2.05) is 0 Å². The lowest BCUT2D eigenvalue weighted by Crippen LogP contribution is -2.28. The van der Waals surface area contributed by atoms with E-state index in [4.69, 9.17) is 4.74 Å². The van der Waals surface area contributed by atoms with Crippen LogP contribution in [0.1, 0.15) is 19.4 Å². The molecule has 0 fully saturated rings. The summed E-state index contributed by atoms with van der Waals surface area (Å²) < 4.78 is 5.01. The maximum absolute atomic E-state index is 11.8. The Hall–Kier alpha value is -1.89. The number of ketones is 1. The Morgan fingerprint density at radius 3 is 2.55 bits per heavy atom. The Morgan fingerprint density at radius 1 is 1.40 bits per heavy atom. The first-order chi connectivity index (χ1) is 9.34. The van der Waals surface area contributed by atoms with Gasteiger partial charge in [-0.3, -0.25) is 19.7 Å². The summed E-state index contributed by atoms with van der Waals surface area (Å²) in [7, 11) is 0. The van der Waals surface area contributed by atoms with Crippen molar-refractivity contribution < 1.29 is 19.2 Å². The minimum absolute atomic E-state index is 0.109. The van der Waals surface area contributed by atoms with Gasteiger partial charge in [-0.25, -0.2) is 0 Å². The zero-order valence-corrected chi connectivity index (χ0v) is 12.0. The molecule has 0 aromatic heterocycles. The van der Waals surface area contributed by atoms with Gasteiger partial charge in [0.05, 0.1) is 21.7 Å². The average molecular weight is 297 g/mol. The minimum Gasteiger partial charge on any atom is -0.460 e. The molecule has 7 heteroatoms. The van der Waals surface area contributed by atoms with Gasteiger partial charge in [0.1, 0.15) is 12.4 Å². The largest absolute Gasteiger partial charge is 0.460 e. The van der Waals surface area contributed by atoms with Crippen LogP contribution in [0, 0.1) is 16.0 Å². The highest BCUT2D eigenvalue weighted by molar-refractivity contribution is 7.81. The van der Waals surface area contributed by atoms with Crippen LogP contribution >= 0.6 is 12.6 Å². The number of nitrogens with zero attached hydrogens (tertiary/aromatic N) is 1. The van der Waals surface area contributed by atoms with Gasteiger partial charge in [-0.2, -0.15) is 12.6 Å². The van der Waals surface area contributed by atoms with Crippen LogP contribution in [0.2, 0.25) is 0 Å². The van der Waals surface area contributed by atoms with E-state index >= 15 is 0 Å². The number of rotatable bonds is 6. The summed E-state index contributed by atoms with van der Waals surface area (Å²) in [4.78, 5) is 33.2. The molecule has 0 saturated heterocycles. The van der Waals surface area contributed by atoms with Crippen molar-refractivity contribution in [1.29, 1.82) is 0 Å². The molecule has 2 unspecified atom stereocenters. The zero-order chi connectivity index (χ0) is 15.3. The van der Waals surface area contributed by atoms with Crippen molar-refractivity contribution in [2.75, 3.05) is 0 Å². The molecule has 0 amide bonds. The fourth-order valence-electron chi connectivity index (χ4n) is 1.57. The number of thiol groups is 1. The van der Waals surface area contributed by atoms with Crippen LogP contribution < -0.4 is 0 Å². The minimum atomic E-state index is -0.742. The SMILES string of the molecule is CC(=O)C(S)C(C)C(=O)OCc1ccccc1[N+](=O)[O-]. The second-order valence-electron chi connectivity index (χ2n) is 4.34. The highest BCUT2D eigenvalue weighted by atomic mass is 32.1. The molecule has 0 radical (unpaired) electrons. The van der Waals surface area contributed by atoms with E-state index in [2.05, 4.69) is 12.6 Å². The van der Waals surface area contributed by atoms with Crippen molar-refractivity contribution in [3.63, 3.8) is 0 Å². The van der Waals surface area contributed by atoms with E-state index in [1.165, 1.54) is 32.0 Å². The highest BCUT2D eigenvalue weighted by Crippen LogP contribution is 2.20. The molecular formula is C13H15NO5S. The maximum Gasteiger partial charge on any atom is 0.310 e. The fraction of sp³-hybridized carbons (Fsp3) is 0.385. The molecule has 0 aliphatic carbocycles. The van der Waals surface area contributed by atoms with Gasteiger partial charge in [-0.05, 0) is 13.0 Å². The van der Waals surface area contributed by atoms with Crippen molar-refractivity contribution in [3.05, 3.63) is 39.9 Å². The molecule has 0 N–H and O–H groups in total. The zero-order valence-electron chi connectivity index (χ0n) is 11.1. The number of para-hydroxylation sites is 1. The molecule has 0 aliphatic heterocycles. The summed E-state index contributed by atoms with van der Waals surface area (Å²) in [6, 6.07) is 6.00. The van der Waals surface area contributed by atoms with Crippen molar-refractivity contribution in [3.8, 4) is 0 Å². The molecular weight excluding hydrogens is 282 g/mol. The molecule has 0 saturated carbocycles. The van der Waals surface area contributed by atoms with Crippen molar-refractivity contribution >= 4 is 30.1 Å². The molecule has 1 rings (SSSR count). The summed E-state index contributed by atoms with van der Waals surface area (Å²) in [5.74, 6) is -1.56. The molecule has 0 bridgehead atoms. The number of hydrogen-bond acceptors (Lipinski definition) is 6. The highest BCUT2D eigenvalue weighted by Gasteiger charge is 2.26. The van der Waals surface area contributed by atoms with Crippen LogP contribution in [0.3, 0.4) is 0 Å². The fourth-order valence-corrected chi connectivity index (χ4v) is 1.69. The van der Waals surface area contributed by atoms with E-state index in [-0.39, 0.29) is 18.1 Å². The Morgan fingerprint density at radius 2 is 2.00 bits per heavy atom. The normalized spacial score (nSPS) is 13.3. The molecule has 0 aliphatic rings. The number of Topliss-reactive ketones (excluding diaryl/α,β-unsaturated/α-hetero) is 1. The standard InChI is InChI=1S/C13H15NO5S/c1-8(12(20)9(2)15)13(16)19-7-10-5-3-4-6-11(10)14(17)18/h3-6,8,12,20H,7H2,1-2H3.